The molecule has 1 heterocycles. The van der Waals surface area contributed by atoms with Crippen molar-refractivity contribution in [2.45, 2.75) is 4.90 Å². The molecule has 2 N–H and O–H groups in total. The van der Waals surface area contributed by atoms with Gasteiger partial charge < -0.3 is 10.6 Å². The first-order chi connectivity index (χ1) is 10.1. The van der Waals surface area contributed by atoms with Crippen LogP contribution in [0.4, 0.5) is 15.8 Å². The standard InChI is InChI=1S/C15H12BrFN2OS/c16-11-7-9(1-3-12(11)17)15(20)19-5-6-21-14-4-2-10(18)8-13(14)19/h1-4,7-8H,5-6,18H2. The number of hydrogen-bond acceptors (Lipinski definition) is 3. The molecule has 3 rings (SSSR count). The molecule has 21 heavy (non-hydrogen) atoms. The fourth-order valence-corrected chi connectivity index (χ4v) is 3.58. The maximum absolute atomic E-state index is 13.3. The molecule has 1 aliphatic heterocycles. The van der Waals surface area contributed by atoms with Crippen molar-refractivity contribution in [1.29, 1.82) is 0 Å². The van der Waals surface area contributed by atoms with Gasteiger partial charge in [-0.1, -0.05) is 0 Å². The highest BCUT2D eigenvalue weighted by Gasteiger charge is 2.24. The predicted molar refractivity (Wildman–Crippen MR) is 87.4 cm³/mol. The second-order valence-electron chi connectivity index (χ2n) is 4.66. The second kappa shape index (κ2) is 5.69. The van der Waals surface area contributed by atoms with E-state index in [1.165, 1.54) is 18.2 Å². The molecule has 0 atom stereocenters. The number of benzene rings is 2. The first-order valence-electron chi connectivity index (χ1n) is 6.35. The maximum Gasteiger partial charge on any atom is 0.258 e. The monoisotopic (exact) mass is 366 g/mol. The van der Waals surface area contributed by atoms with Crippen LogP contribution in [0.25, 0.3) is 0 Å². The summed E-state index contributed by atoms with van der Waals surface area (Å²) in [7, 11) is 0. The van der Waals surface area contributed by atoms with Crippen LogP contribution in [0.3, 0.4) is 0 Å². The van der Waals surface area contributed by atoms with Crippen LogP contribution in [-0.4, -0.2) is 18.2 Å². The number of nitrogen functional groups attached to an aromatic ring is 1. The van der Waals surface area contributed by atoms with E-state index in [-0.39, 0.29) is 16.2 Å². The van der Waals surface area contributed by atoms with Gasteiger partial charge in [-0.2, -0.15) is 0 Å². The van der Waals surface area contributed by atoms with Crippen LogP contribution in [0.5, 0.6) is 0 Å². The van der Waals surface area contributed by atoms with E-state index >= 15 is 0 Å². The van der Waals surface area contributed by atoms with Crippen molar-refractivity contribution < 1.29 is 9.18 Å². The van der Waals surface area contributed by atoms with Crippen molar-refractivity contribution in [2.24, 2.45) is 0 Å². The molecule has 3 nitrogen and oxygen atoms in total. The Bertz CT molecular complexity index is 723. The molecule has 2 aromatic rings. The summed E-state index contributed by atoms with van der Waals surface area (Å²) < 4.78 is 13.6. The molecule has 0 radical (unpaired) electrons. The van der Waals surface area contributed by atoms with Gasteiger partial charge in [0, 0.05) is 28.4 Å². The van der Waals surface area contributed by atoms with Gasteiger partial charge in [-0.3, -0.25) is 4.79 Å². The van der Waals surface area contributed by atoms with Gasteiger partial charge in [-0.05, 0) is 52.3 Å². The van der Waals surface area contributed by atoms with Gasteiger partial charge in [-0.25, -0.2) is 4.39 Å². The highest BCUT2D eigenvalue weighted by atomic mass is 79.9. The Morgan fingerprint density at radius 2 is 2.10 bits per heavy atom. The number of nitrogens with zero attached hydrogens (tertiary/aromatic N) is 1. The zero-order valence-corrected chi connectivity index (χ0v) is 13.4. The molecule has 0 bridgehead atoms. The van der Waals surface area contributed by atoms with Crippen LogP contribution >= 0.6 is 27.7 Å². The van der Waals surface area contributed by atoms with Gasteiger partial charge in [-0.15, -0.1) is 11.8 Å². The highest BCUT2D eigenvalue weighted by Crippen LogP contribution is 2.36. The van der Waals surface area contributed by atoms with E-state index in [1.807, 2.05) is 12.1 Å². The molecule has 0 unspecified atom stereocenters. The van der Waals surface area contributed by atoms with E-state index in [9.17, 15) is 9.18 Å². The number of nitrogens with two attached hydrogens (primary N) is 1. The molecule has 2 aromatic carbocycles. The Kier molecular flexibility index (Phi) is 3.91. The average Bonchev–Trinajstić information content (AvgIpc) is 2.48. The minimum absolute atomic E-state index is 0.150. The molecular formula is C15H12BrFN2OS. The van der Waals surface area contributed by atoms with E-state index in [0.717, 1.165) is 16.3 Å². The summed E-state index contributed by atoms with van der Waals surface area (Å²) in [6.07, 6.45) is 0. The lowest BCUT2D eigenvalue weighted by Gasteiger charge is -2.29. The van der Waals surface area contributed by atoms with Crippen LogP contribution in [0, 0.1) is 5.82 Å². The van der Waals surface area contributed by atoms with Gasteiger partial charge in [0.2, 0.25) is 0 Å². The quantitative estimate of drug-likeness (QED) is 0.777. The molecule has 0 saturated heterocycles. The summed E-state index contributed by atoms with van der Waals surface area (Å²) in [5, 5.41) is 0. The fraction of sp³-hybridized carbons (Fsp3) is 0.133. The number of fused-ring (bicyclic) bond motifs is 1. The molecule has 108 valence electrons. The topological polar surface area (TPSA) is 46.3 Å². The Morgan fingerprint density at radius 1 is 1.29 bits per heavy atom. The number of amides is 1. The molecule has 0 aromatic heterocycles. The lowest BCUT2D eigenvalue weighted by Crippen LogP contribution is -2.35. The molecular weight excluding hydrogens is 355 g/mol. The lowest BCUT2D eigenvalue weighted by molar-refractivity contribution is 0.0987. The zero-order chi connectivity index (χ0) is 15.0. The number of carbonyl (C=O) groups is 1. The van der Waals surface area contributed by atoms with E-state index in [2.05, 4.69) is 15.9 Å². The Labute approximate surface area is 134 Å². The second-order valence-corrected chi connectivity index (χ2v) is 6.65. The summed E-state index contributed by atoms with van der Waals surface area (Å²) in [6.45, 7) is 0.606. The molecule has 6 heteroatoms. The summed E-state index contributed by atoms with van der Waals surface area (Å²) in [6, 6.07) is 9.85. The largest absolute Gasteiger partial charge is 0.399 e. The Morgan fingerprint density at radius 3 is 2.86 bits per heavy atom. The van der Waals surface area contributed by atoms with Crippen molar-refractivity contribution in [3.05, 3.63) is 52.3 Å². The molecule has 1 amide bonds. The van der Waals surface area contributed by atoms with Crippen molar-refractivity contribution in [3.8, 4) is 0 Å². The summed E-state index contributed by atoms with van der Waals surface area (Å²) in [5.74, 6) is 0.290. The summed E-state index contributed by atoms with van der Waals surface area (Å²) >= 11 is 4.81. The third kappa shape index (κ3) is 2.78. The van der Waals surface area contributed by atoms with Crippen LogP contribution in [-0.2, 0) is 0 Å². The van der Waals surface area contributed by atoms with Gasteiger partial charge in [0.25, 0.3) is 5.91 Å². The van der Waals surface area contributed by atoms with Crippen molar-refractivity contribution in [3.63, 3.8) is 0 Å². The van der Waals surface area contributed by atoms with E-state index in [0.29, 0.717) is 17.8 Å². The van der Waals surface area contributed by atoms with E-state index in [4.69, 9.17) is 5.73 Å². The average molecular weight is 367 g/mol. The van der Waals surface area contributed by atoms with Gasteiger partial charge in [0.05, 0.1) is 10.2 Å². The maximum atomic E-state index is 13.3. The zero-order valence-electron chi connectivity index (χ0n) is 11.0. The van der Waals surface area contributed by atoms with Crippen LogP contribution in [0.2, 0.25) is 0 Å². The third-order valence-electron chi connectivity index (χ3n) is 3.26. The fourth-order valence-electron chi connectivity index (χ4n) is 2.23. The minimum Gasteiger partial charge on any atom is -0.399 e. The van der Waals surface area contributed by atoms with Crippen molar-refractivity contribution in [1.82, 2.24) is 0 Å². The number of anilines is 2. The summed E-state index contributed by atoms with van der Waals surface area (Å²) in [5.41, 5.74) is 7.71. The molecule has 0 saturated carbocycles. The molecule has 0 fully saturated rings. The molecule has 0 spiro atoms. The van der Waals surface area contributed by atoms with Crippen molar-refractivity contribution in [2.75, 3.05) is 22.9 Å². The molecule has 1 aliphatic rings. The van der Waals surface area contributed by atoms with Crippen LogP contribution in [0.1, 0.15) is 10.4 Å². The van der Waals surface area contributed by atoms with E-state index in [1.54, 1.807) is 22.7 Å². The lowest BCUT2D eigenvalue weighted by atomic mass is 10.1. The first-order valence-corrected chi connectivity index (χ1v) is 8.13. The highest BCUT2D eigenvalue weighted by molar-refractivity contribution is 9.10. The van der Waals surface area contributed by atoms with Crippen LogP contribution in [0.15, 0.2) is 45.8 Å². The summed E-state index contributed by atoms with van der Waals surface area (Å²) in [4.78, 5) is 15.4. The smallest absolute Gasteiger partial charge is 0.258 e. The number of rotatable bonds is 1. The Hall–Kier alpha value is -1.53. The first kappa shape index (κ1) is 14.4. The van der Waals surface area contributed by atoms with Gasteiger partial charge >= 0.3 is 0 Å². The predicted octanol–water partition coefficient (Wildman–Crippen LogP) is 3.92. The van der Waals surface area contributed by atoms with Gasteiger partial charge in [0.1, 0.15) is 5.82 Å². The Balaban J connectivity index is 1.99. The number of hydrogen-bond donors (Lipinski definition) is 1. The van der Waals surface area contributed by atoms with Crippen LogP contribution < -0.4 is 10.6 Å². The number of carbonyl (C=O) groups excluding carboxylic acids is 1. The minimum atomic E-state index is -0.384. The number of halogens is 2. The normalized spacial score (nSPS) is 13.9. The number of thioether (sulfide) groups is 1. The van der Waals surface area contributed by atoms with E-state index < -0.39 is 0 Å². The van der Waals surface area contributed by atoms with Gasteiger partial charge in [0.15, 0.2) is 0 Å². The SMILES string of the molecule is Nc1ccc2c(c1)N(C(=O)c1ccc(F)c(Br)c1)CCS2. The molecule has 0 aliphatic carbocycles. The van der Waals surface area contributed by atoms with Crippen molar-refractivity contribution >= 4 is 45.0 Å². The third-order valence-corrected chi connectivity index (χ3v) is 4.91.